The number of hydrogen-bond acceptors (Lipinski definition) is 0. The van der Waals surface area contributed by atoms with E-state index in [9.17, 15) is 4.39 Å². The Bertz CT molecular complexity index is 28.5. The van der Waals surface area contributed by atoms with E-state index in [-0.39, 0.29) is 7.92 Å². The molecular weight excluding hydrogens is 98.0 g/mol. The molecule has 0 aliphatic carbocycles. The summed E-state index contributed by atoms with van der Waals surface area (Å²) in [6.45, 7) is 5.46. The molecule has 38 valence electrons. The first-order valence-corrected chi connectivity index (χ1v) is 4.25. The van der Waals surface area contributed by atoms with E-state index in [1.54, 1.807) is 6.92 Å². The van der Waals surface area contributed by atoms with Gasteiger partial charge < -0.3 is 0 Å². The molecule has 0 bridgehead atoms. The van der Waals surface area contributed by atoms with Gasteiger partial charge in [0.05, 0.1) is 0 Å². The Morgan fingerprint density at radius 1 is 1.50 bits per heavy atom. The number of alkyl halides is 1. The summed E-state index contributed by atoms with van der Waals surface area (Å²) < 4.78 is 11.9. The van der Waals surface area contributed by atoms with Gasteiger partial charge in [0.15, 0.2) is 0 Å². The van der Waals surface area contributed by atoms with E-state index in [0.29, 0.717) is 0 Å². The van der Waals surface area contributed by atoms with Crippen molar-refractivity contribution in [2.45, 2.75) is 12.8 Å². The third-order valence-corrected chi connectivity index (χ3v) is 2.13. The summed E-state index contributed by atoms with van der Waals surface area (Å²) in [7, 11) is -0.326. The molecule has 0 saturated carbocycles. The summed E-state index contributed by atoms with van der Waals surface area (Å²) in [5.74, 6) is -0.583. The minimum atomic E-state index is -0.583. The summed E-state index contributed by atoms with van der Waals surface area (Å²) in [5.41, 5.74) is 0. The largest absolute Gasteiger partial charge is 0.243 e. The van der Waals surface area contributed by atoms with Crippen molar-refractivity contribution in [2.75, 3.05) is 13.3 Å². The first-order chi connectivity index (χ1) is 2.64. The van der Waals surface area contributed by atoms with Crippen molar-refractivity contribution in [3.8, 4) is 0 Å². The zero-order valence-electron chi connectivity index (χ0n) is 4.40. The third kappa shape index (κ3) is 2.59. The molecule has 0 aromatic heterocycles. The molecule has 0 radical (unpaired) electrons. The van der Waals surface area contributed by atoms with Crippen LogP contribution in [0.15, 0.2) is 0 Å². The van der Waals surface area contributed by atoms with Crippen LogP contribution in [0.25, 0.3) is 0 Å². The van der Waals surface area contributed by atoms with Gasteiger partial charge in [-0.05, 0) is 20.3 Å². The topological polar surface area (TPSA) is 0 Å². The van der Waals surface area contributed by atoms with Gasteiger partial charge in [-0.3, -0.25) is 0 Å². The molecule has 0 nitrogen and oxygen atoms in total. The number of hydrogen-bond donors (Lipinski definition) is 0. The average Bonchev–Trinajstić information content (AvgIpc) is 1.36. The highest BCUT2D eigenvalue weighted by atomic mass is 31.1. The molecule has 0 fully saturated rings. The van der Waals surface area contributed by atoms with Gasteiger partial charge in [-0.15, -0.1) is 0 Å². The molecule has 0 rings (SSSR count). The molecule has 0 aliphatic heterocycles. The highest BCUT2D eigenvalue weighted by Crippen LogP contribution is 2.31. The third-order valence-electron chi connectivity index (χ3n) is 0.712. The molecule has 0 aromatic carbocycles. The van der Waals surface area contributed by atoms with Crippen LogP contribution in [-0.2, 0) is 0 Å². The quantitative estimate of drug-likeness (QED) is 0.451. The predicted octanol–water partition coefficient (Wildman–Crippen LogP) is 2.04. The first-order valence-electron chi connectivity index (χ1n) is 1.95. The monoisotopic (exact) mass is 108 g/mol. The maximum atomic E-state index is 11.9. The second-order valence-electron chi connectivity index (χ2n) is 1.54. The van der Waals surface area contributed by atoms with Crippen LogP contribution < -0.4 is 0 Å². The van der Waals surface area contributed by atoms with E-state index in [0.717, 1.165) is 0 Å². The van der Waals surface area contributed by atoms with Crippen molar-refractivity contribution in [1.29, 1.82) is 0 Å². The van der Waals surface area contributed by atoms with Gasteiger partial charge in [-0.1, -0.05) is 7.92 Å². The van der Waals surface area contributed by atoms with Gasteiger partial charge in [0.1, 0.15) is 5.91 Å². The van der Waals surface area contributed by atoms with Crippen molar-refractivity contribution in [3.05, 3.63) is 0 Å². The van der Waals surface area contributed by atoms with Gasteiger partial charge in [0, 0.05) is 0 Å². The molecule has 0 heterocycles. The molecular formula is C4H10FP. The SMILES string of the molecule is CC(F)P(C)C. The van der Waals surface area contributed by atoms with Crippen LogP contribution in [0.4, 0.5) is 4.39 Å². The van der Waals surface area contributed by atoms with Crippen LogP contribution in [0.2, 0.25) is 0 Å². The zero-order chi connectivity index (χ0) is 5.15. The van der Waals surface area contributed by atoms with Crippen LogP contribution >= 0.6 is 7.92 Å². The van der Waals surface area contributed by atoms with Crippen LogP contribution in [0.3, 0.4) is 0 Å². The molecule has 0 amide bonds. The molecule has 6 heavy (non-hydrogen) atoms. The van der Waals surface area contributed by atoms with Crippen molar-refractivity contribution in [2.24, 2.45) is 0 Å². The maximum absolute atomic E-state index is 11.9. The number of rotatable bonds is 1. The van der Waals surface area contributed by atoms with Crippen molar-refractivity contribution < 1.29 is 4.39 Å². The van der Waals surface area contributed by atoms with Crippen LogP contribution in [-0.4, -0.2) is 19.2 Å². The summed E-state index contributed by atoms with van der Waals surface area (Å²) in [6.07, 6.45) is 0. The lowest BCUT2D eigenvalue weighted by molar-refractivity contribution is 0.476. The molecule has 0 saturated heterocycles. The second-order valence-corrected chi connectivity index (χ2v) is 4.18. The van der Waals surface area contributed by atoms with E-state index in [1.165, 1.54) is 0 Å². The lowest BCUT2D eigenvalue weighted by Crippen LogP contribution is -1.83. The first kappa shape index (κ1) is 6.36. The Morgan fingerprint density at radius 2 is 1.67 bits per heavy atom. The summed E-state index contributed by atoms with van der Waals surface area (Å²) in [5, 5.41) is 0. The Balaban J connectivity index is 2.99. The van der Waals surface area contributed by atoms with Crippen molar-refractivity contribution in [3.63, 3.8) is 0 Å². The second kappa shape index (κ2) is 2.52. The lowest BCUT2D eigenvalue weighted by atomic mass is 10.9. The van der Waals surface area contributed by atoms with E-state index < -0.39 is 5.91 Å². The Kier molecular flexibility index (Phi) is 2.67. The summed E-state index contributed by atoms with van der Waals surface area (Å²) in [4.78, 5) is 0. The minimum Gasteiger partial charge on any atom is -0.243 e. The molecule has 0 N–H and O–H groups in total. The van der Waals surface area contributed by atoms with Gasteiger partial charge in [0.25, 0.3) is 0 Å². The Hall–Kier alpha value is 0.360. The highest BCUT2D eigenvalue weighted by Gasteiger charge is 1.99. The van der Waals surface area contributed by atoms with E-state index >= 15 is 0 Å². The molecule has 0 spiro atoms. The maximum Gasteiger partial charge on any atom is 0.115 e. The van der Waals surface area contributed by atoms with Gasteiger partial charge in [-0.25, -0.2) is 4.39 Å². The molecule has 1 atom stereocenters. The zero-order valence-corrected chi connectivity index (χ0v) is 5.30. The standard InChI is InChI=1S/C4H10FP/c1-4(5)6(2)3/h4H,1-3H3. The van der Waals surface area contributed by atoms with Crippen LogP contribution in [0.5, 0.6) is 0 Å². The fraction of sp³-hybridized carbons (Fsp3) is 1.00. The van der Waals surface area contributed by atoms with E-state index in [1.807, 2.05) is 13.3 Å². The fourth-order valence-corrected chi connectivity index (χ4v) is 0. The lowest BCUT2D eigenvalue weighted by Gasteiger charge is -2.02. The normalized spacial score (nSPS) is 15.5. The van der Waals surface area contributed by atoms with Gasteiger partial charge in [-0.2, -0.15) is 0 Å². The molecule has 1 unspecified atom stereocenters. The van der Waals surface area contributed by atoms with Crippen molar-refractivity contribution in [1.82, 2.24) is 0 Å². The summed E-state index contributed by atoms with van der Waals surface area (Å²) in [6, 6.07) is 0. The molecule has 0 aromatic rings. The Labute approximate surface area is 39.5 Å². The number of halogens is 1. The van der Waals surface area contributed by atoms with Gasteiger partial charge >= 0.3 is 0 Å². The van der Waals surface area contributed by atoms with E-state index in [4.69, 9.17) is 0 Å². The smallest absolute Gasteiger partial charge is 0.115 e. The predicted molar refractivity (Wildman–Crippen MR) is 29.3 cm³/mol. The van der Waals surface area contributed by atoms with E-state index in [2.05, 4.69) is 0 Å². The van der Waals surface area contributed by atoms with Crippen LogP contribution in [0, 0.1) is 0 Å². The average molecular weight is 108 g/mol. The highest BCUT2D eigenvalue weighted by molar-refractivity contribution is 7.56. The fourth-order valence-electron chi connectivity index (χ4n) is 0. The molecule has 2 heteroatoms. The van der Waals surface area contributed by atoms with Gasteiger partial charge in [0.2, 0.25) is 0 Å². The molecule has 0 aliphatic rings. The van der Waals surface area contributed by atoms with Crippen LogP contribution in [0.1, 0.15) is 6.92 Å². The van der Waals surface area contributed by atoms with Crippen molar-refractivity contribution >= 4 is 7.92 Å². The Morgan fingerprint density at radius 3 is 1.67 bits per heavy atom. The minimum absolute atomic E-state index is 0.326. The summed E-state index contributed by atoms with van der Waals surface area (Å²) >= 11 is 0.